The number of likely N-dealkylation sites (tertiary alicyclic amines) is 1. The number of fused-ring (bicyclic) bond motifs is 1. The van der Waals surface area contributed by atoms with Crippen molar-refractivity contribution in [3.8, 4) is 0 Å². The summed E-state index contributed by atoms with van der Waals surface area (Å²) in [6, 6.07) is 25.6. The molecular weight excluding hydrogens is 623 g/mol. The van der Waals surface area contributed by atoms with E-state index in [0.29, 0.717) is 12.0 Å². The third-order valence-corrected chi connectivity index (χ3v) is 10.8. The summed E-state index contributed by atoms with van der Waals surface area (Å²) < 4.78 is 30.2. The number of hydrogen-bond donors (Lipinski definition) is 3. The Kier molecular flexibility index (Phi) is 10.2. The van der Waals surface area contributed by atoms with Gasteiger partial charge in [0, 0.05) is 38.2 Å². The molecule has 250 valence electrons. The van der Waals surface area contributed by atoms with Gasteiger partial charge < -0.3 is 15.5 Å². The molecule has 2 aliphatic rings. The number of amides is 2. The molecule has 0 aromatic heterocycles. The van der Waals surface area contributed by atoms with Crippen molar-refractivity contribution in [1.82, 2.24) is 20.3 Å². The van der Waals surface area contributed by atoms with Crippen molar-refractivity contribution in [2.45, 2.75) is 50.5 Å². The molecule has 2 amide bonds. The van der Waals surface area contributed by atoms with Gasteiger partial charge in [-0.05, 0) is 78.3 Å². The molecule has 1 saturated heterocycles. The van der Waals surface area contributed by atoms with Crippen molar-refractivity contribution in [3.63, 3.8) is 0 Å². The predicted octanol–water partition coefficient (Wildman–Crippen LogP) is 4.81. The zero-order valence-electron chi connectivity index (χ0n) is 27.5. The van der Waals surface area contributed by atoms with E-state index in [9.17, 15) is 18.0 Å². The smallest absolute Gasteiger partial charge is 0.241 e. The topological polar surface area (TPSA) is 120 Å². The van der Waals surface area contributed by atoms with E-state index in [-0.39, 0.29) is 29.7 Å². The van der Waals surface area contributed by atoms with E-state index in [0.717, 1.165) is 77.9 Å². The minimum absolute atomic E-state index is 0.0291. The van der Waals surface area contributed by atoms with Gasteiger partial charge in [0.1, 0.15) is 5.84 Å². The van der Waals surface area contributed by atoms with E-state index < -0.39 is 22.0 Å². The van der Waals surface area contributed by atoms with Crippen LogP contribution in [0.25, 0.3) is 10.8 Å². The summed E-state index contributed by atoms with van der Waals surface area (Å²) in [5.41, 5.74) is 4.78. The Balaban J connectivity index is 1.19. The molecule has 3 N–H and O–H groups in total. The molecule has 0 saturated carbocycles. The molecule has 1 fully saturated rings. The summed E-state index contributed by atoms with van der Waals surface area (Å²) in [7, 11) is -3.98. The molecular formula is C38H43N5O4S. The third kappa shape index (κ3) is 7.94. The predicted molar refractivity (Wildman–Crippen MR) is 189 cm³/mol. The molecule has 6 rings (SSSR count). The fourth-order valence-corrected chi connectivity index (χ4v) is 7.67. The van der Waals surface area contributed by atoms with Crippen LogP contribution in [0.4, 0.5) is 0 Å². The zero-order valence-corrected chi connectivity index (χ0v) is 28.4. The van der Waals surface area contributed by atoms with Crippen LogP contribution in [0.1, 0.15) is 53.1 Å². The number of benzene rings is 4. The van der Waals surface area contributed by atoms with Gasteiger partial charge in [-0.2, -0.15) is 0 Å². The Labute approximate surface area is 282 Å². The lowest BCUT2D eigenvalue weighted by molar-refractivity contribution is -0.134. The lowest BCUT2D eigenvalue weighted by Gasteiger charge is -2.25. The molecule has 10 heteroatoms. The number of aryl methyl sites for hydroxylation is 2. The average Bonchev–Trinajstić information content (AvgIpc) is 3.83. The fraction of sp³-hybridized carbons (Fsp3) is 0.342. The quantitative estimate of drug-likeness (QED) is 0.201. The molecule has 0 unspecified atom stereocenters. The maximum atomic E-state index is 13.7. The summed E-state index contributed by atoms with van der Waals surface area (Å²) in [6.45, 7) is 7.15. The van der Waals surface area contributed by atoms with Crippen LogP contribution >= 0.6 is 0 Å². The molecule has 9 nitrogen and oxygen atoms in total. The van der Waals surface area contributed by atoms with Crippen LogP contribution in [0.3, 0.4) is 0 Å². The van der Waals surface area contributed by atoms with Gasteiger partial charge in [-0.3, -0.25) is 14.6 Å². The first-order valence-electron chi connectivity index (χ1n) is 16.7. The van der Waals surface area contributed by atoms with Crippen molar-refractivity contribution >= 4 is 38.4 Å². The molecule has 4 aromatic carbocycles. The molecule has 2 atom stereocenters. The van der Waals surface area contributed by atoms with Crippen LogP contribution in [-0.2, 0) is 26.0 Å². The number of nitrogens with zero attached hydrogens (tertiary/aromatic N) is 2. The summed E-state index contributed by atoms with van der Waals surface area (Å²) in [6.07, 6.45) is 2.31. The largest absolute Gasteiger partial charge is 0.368 e. The number of sulfonamides is 1. The first kappa shape index (κ1) is 33.4. The Hall–Kier alpha value is -4.54. The molecule has 4 aromatic rings. The molecule has 48 heavy (non-hydrogen) atoms. The second-order valence-corrected chi connectivity index (χ2v) is 14.5. The van der Waals surface area contributed by atoms with Gasteiger partial charge in [0.15, 0.2) is 0 Å². The monoisotopic (exact) mass is 665 g/mol. The number of carbonyl (C=O) groups is 2. The van der Waals surface area contributed by atoms with Gasteiger partial charge in [-0.1, -0.05) is 72.8 Å². The molecule has 2 aliphatic heterocycles. The molecule has 0 spiro atoms. The van der Waals surface area contributed by atoms with E-state index >= 15 is 0 Å². The first-order chi connectivity index (χ1) is 23.2. The fourth-order valence-electron chi connectivity index (χ4n) is 6.41. The number of rotatable bonds is 12. The highest BCUT2D eigenvalue weighted by Crippen LogP contribution is 2.25. The zero-order chi connectivity index (χ0) is 33.7. The normalized spacial score (nSPS) is 16.0. The number of carbonyl (C=O) groups excluding carboxylic acids is 2. The van der Waals surface area contributed by atoms with Crippen molar-refractivity contribution < 1.29 is 18.0 Å². The summed E-state index contributed by atoms with van der Waals surface area (Å²) in [5.74, 6) is 0.128. The van der Waals surface area contributed by atoms with Crippen molar-refractivity contribution in [2.24, 2.45) is 10.9 Å². The second kappa shape index (κ2) is 14.7. The Morgan fingerprint density at radius 2 is 1.65 bits per heavy atom. The van der Waals surface area contributed by atoms with Crippen molar-refractivity contribution in [1.29, 1.82) is 0 Å². The average molecular weight is 666 g/mol. The second-order valence-electron chi connectivity index (χ2n) is 12.8. The highest BCUT2D eigenvalue weighted by Gasteiger charge is 2.29. The third-order valence-electron chi connectivity index (χ3n) is 9.35. The van der Waals surface area contributed by atoms with E-state index in [2.05, 4.69) is 20.3 Å². The Morgan fingerprint density at radius 3 is 2.35 bits per heavy atom. The van der Waals surface area contributed by atoms with Gasteiger partial charge in [0.25, 0.3) is 0 Å². The Morgan fingerprint density at radius 1 is 0.896 bits per heavy atom. The van der Waals surface area contributed by atoms with Crippen LogP contribution in [0.2, 0.25) is 0 Å². The summed E-state index contributed by atoms with van der Waals surface area (Å²) in [5, 5.41) is 8.03. The maximum Gasteiger partial charge on any atom is 0.241 e. The summed E-state index contributed by atoms with van der Waals surface area (Å²) >= 11 is 0. The highest BCUT2D eigenvalue weighted by molar-refractivity contribution is 7.89. The molecule has 0 bridgehead atoms. The van der Waals surface area contributed by atoms with E-state index in [4.69, 9.17) is 0 Å². The van der Waals surface area contributed by atoms with Gasteiger partial charge in [-0.15, -0.1) is 0 Å². The van der Waals surface area contributed by atoms with Gasteiger partial charge in [-0.25, -0.2) is 13.1 Å². The number of aliphatic imine (C=N–C) groups is 1. The number of nitrogens with one attached hydrogen (secondary N) is 3. The van der Waals surface area contributed by atoms with Crippen LogP contribution in [0.15, 0.2) is 94.8 Å². The Bertz CT molecular complexity index is 1930. The minimum Gasteiger partial charge on any atom is -0.368 e. The standard InChI is InChI=1S/C38H43N5O4S/c1-26-9-12-32(21-27(26)2)35(42-48(46,47)34-16-15-29-7-3-4-8-31(29)23-34)24-36(44)41-25-33(38(45)43-19-5-6-20-43)22-28-10-13-30(14-11-28)37-39-17-18-40-37/h3-4,7-16,21,23,33,35,42H,5-6,17-20,22,24-25H2,1-2H3,(H,39,40)(H,41,44)/t33-,35+/m1/s1. The molecule has 2 heterocycles. The van der Waals surface area contributed by atoms with Crippen LogP contribution in [0.5, 0.6) is 0 Å². The van der Waals surface area contributed by atoms with Gasteiger partial charge in [0.2, 0.25) is 21.8 Å². The SMILES string of the molecule is Cc1ccc([C@H](CC(=O)NC[C@@H](Cc2ccc(C3=NCCN3)cc2)C(=O)N2CCCC2)NS(=O)(=O)c2ccc3ccccc3c2)cc1C. The maximum absolute atomic E-state index is 13.7. The van der Waals surface area contributed by atoms with E-state index in [1.165, 1.54) is 0 Å². The van der Waals surface area contributed by atoms with Crippen molar-refractivity contribution in [2.75, 3.05) is 32.7 Å². The number of hydrogen-bond acceptors (Lipinski definition) is 6. The lowest BCUT2D eigenvalue weighted by atomic mass is 9.96. The van der Waals surface area contributed by atoms with Crippen molar-refractivity contribution in [3.05, 3.63) is 113 Å². The van der Waals surface area contributed by atoms with Crippen LogP contribution in [0, 0.1) is 19.8 Å². The van der Waals surface area contributed by atoms with Gasteiger partial charge >= 0.3 is 0 Å². The number of amidine groups is 1. The van der Waals surface area contributed by atoms with Gasteiger partial charge in [0.05, 0.1) is 23.4 Å². The summed E-state index contributed by atoms with van der Waals surface area (Å²) in [4.78, 5) is 33.7. The molecule has 0 radical (unpaired) electrons. The van der Waals surface area contributed by atoms with E-state index in [1.54, 1.807) is 18.2 Å². The highest BCUT2D eigenvalue weighted by atomic mass is 32.2. The molecule has 0 aliphatic carbocycles. The first-order valence-corrected chi connectivity index (χ1v) is 18.2. The van der Waals surface area contributed by atoms with E-state index in [1.807, 2.05) is 85.5 Å². The minimum atomic E-state index is -3.98. The van der Waals surface area contributed by atoms with Crippen LogP contribution in [-0.4, -0.2) is 63.7 Å². The van der Waals surface area contributed by atoms with Crippen LogP contribution < -0.4 is 15.4 Å². The lowest BCUT2D eigenvalue weighted by Crippen LogP contribution is -2.42.